The lowest BCUT2D eigenvalue weighted by molar-refractivity contribution is -0.126. The Morgan fingerprint density at radius 1 is 1.25 bits per heavy atom. The van der Waals surface area contributed by atoms with Crippen molar-refractivity contribution in [2.45, 2.75) is 31.8 Å². The van der Waals surface area contributed by atoms with Gasteiger partial charge in [-0.3, -0.25) is 4.79 Å². The molecule has 0 aromatic heterocycles. The lowest BCUT2D eigenvalue weighted by atomic mass is 10.1. The highest BCUT2D eigenvalue weighted by Crippen LogP contribution is 2.13. The average Bonchev–Trinajstić information content (AvgIpc) is 2.52. The largest absolute Gasteiger partial charge is 0.497 e. The van der Waals surface area contributed by atoms with Crippen LogP contribution in [0.25, 0.3) is 0 Å². The Balaban J connectivity index is 1.66. The molecule has 1 aromatic carbocycles. The Morgan fingerprint density at radius 3 is 2.60 bits per heavy atom. The number of ether oxygens (including phenoxy) is 2. The summed E-state index contributed by atoms with van der Waals surface area (Å²) in [6, 6.07) is 7.84. The van der Waals surface area contributed by atoms with Crippen molar-refractivity contribution in [2.24, 2.45) is 0 Å². The molecule has 1 saturated heterocycles. The summed E-state index contributed by atoms with van der Waals surface area (Å²) in [5.74, 6) is 1.02. The van der Waals surface area contributed by atoms with Crippen LogP contribution < -0.4 is 10.1 Å². The summed E-state index contributed by atoms with van der Waals surface area (Å²) in [4.78, 5) is 11.8. The Kier molecular flexibility index (Phi) is 6.02. The van der Waals surface area contributed by atoms with Gasteiger partial charge in [0.05, 0.1) is 13.2 Å². The molecule has 2 rings (SSSR count). The Hall–Kier alpha value is -1.39. The molecule has 20 heavy (non-hydrogen) atoms. The first-order chi connectivity index (χ1) is 9.78. The molecule has 4 nitrogen and oxygen atoms in total. The molecule has 1 fully saturated rings. The maximum atomic E-state index is 11.8. The van der Waals surface area contributed by atoms with E-state index in [1.54, 1.807) is 7.11 Å². The van der Waals surface area contributed by atoms with Crippen LogP contribution in [0.1, 0.15) is 24.8 Å². The Bertz CT molecular complexity index is 410. The third-order valence-electron chi connectivity index (χ3n) is 3.62. The van der Waals surface area contributed by atoms with Gasteiger partial charge in [-0.2, -0.15) is 0 Å². The van der Waals surface area contributed by atoms with Crippen molar-refractivity contribution < 1.29 is 14.3 Å². The normalized spacial score (nSPS) is 16.1. The summed E-state index contributed by atoms with van der Waals surface area (Å²) in [6.45, 7) is 2.23. The second kappa shape index (κ2) is 8.02. The van der Waals surface area contributed by atoms with Crippen molar-refractivity contribution in [3.8, 4) is 5.75 Å². The molecule has 0 aliphatic carbocycles. The average molecular weight is 277 g/mol. The van der Waals surface area contributed by atoms with Crippen LogP contribution in [0.15, 0.2) is 24.3 Å². The van der Waals surface area contributed by atoms with Crippen LogP contribution in [0, 0.1) is 0 Å². The summed E-state index contributed by atoms with van der Waals surface area (Å²) in [6.07, 6.45) is 3.56. The van der Waals surface area contributed by atoms with Crippen LogP contribution in [-0.4, -0.2) is 38.7 Å². The van der Waals surface area contributed by atoms with Gasteiger partial charge < -0.3 is 14.8 Å². The van der Waals surface area contributed by atoms with E-state index in [2.05, 4.69) is 5.32 Å². The van der Waals surface area contributed by atoms with Crippen molar-refractivity contribution in [3.05, 3.63) is 29.8 Å². The highest BCUT2D eigenvalue weighted by atomic mass is 16.5. The van der Waals surface area contributed by atoms with E-state index < -0.39 is 0 Å². The SMILES string of the molecule is COc1ccc(CCC(=O)COC2CCNCC2)cc1. The number of aryl methyl sites for hydroxylation is 1. The number of benzene rings is 1. The van der Waals surface area contributed by atoms with Crippen LogP contribution in [0.2, 0.25) is 0 Å². The number of piperidine rings is 1. The summed E-state index contributed by atoms with van der Waals surface area (Å²) in [7, 11) is 1.65. The van der Waals surface area contributed by atoms with E-state index in [0.717, 1.165) is 43.7 Å². The Labute approximate surface area is 120 Å². The van der Waals surface area contributed by atoms with E-state index in [9.17, 15) is 4.79 Å². The quantitative estimate of drug-likeness (QED) is 0.827. The van der Waals surface area contributed by atoms with E-state index in [-0.39, 0.29) is 18.5 Å². The van der Waals surface area contributed by atoms with Crippen molar-refractivity contribution in [1.82, 2.24) is 5.32 Å². The minimum Gasteiger partial charge on any atom is -0.497 e. The van der Waals surface area contributed by atoms with Gasteiger partial charge in [0.1, 0.15) is 12.4 Å². The zero-order valence-electron chi connectivity index (χ0n) is 12.1. The van der Waals surface area contributed by atoms with Crippen LogP contribution in [0.5, 0.6) is 5.75 Å². The number of nitrogens with one attached hydrogen (secondary N) is 1. The second-order valence-corrected chi connectivity index (χ2v) is 5.15. The van der Waals surface area contributed by atoms with E-state index in [0.29, 0.717) is 6.42 Å². The standard InChI is InChI=1S/C16H23NO3/c1-19-15-6-3-13(4-7-15)2-5-14(18)12-20-16-8-10-17-11-9-16/h3-4,6-7,16-17H,2,5,8-12H2,1H3. The van der Waals surface area contributed by atoms with Gasteiger partial charge >= 0.3 is 0 Å². The predicted octanol–water partition coefficient (Wildman–Crippen LogP) is 1.97. The molecule has 0 unspecified atom stereocenters. The maximum Gasteiger partial charge on any atom is 0.158 e. The van der Waals surface area contributed by atoms with Crippen LogP contribution in [0.4, 0.5) is 0 Å². The van der Waals surface area contributed by atoms with Gasteiger partial charge in [-0.25, -0.2) is 0 Å². The second-order valence-electron chi connectivity index (χ2n) is 5.15. The summed E-state index contributed by atoms with van der Waals surface area (Å²) >= 11 is 0. The first-order valence-corrected chi connectivity index (χ1v) is 7.25. The van der Waals surface area contributed by atoms with Crippen molar-refractivity contribution in [3.63, 3.8) is 0 Å². The molecule has 0 amide bonds. The molecule has 1 aromatic rings. The molecule has 0 saturated carbocycles. The molecule has 110 valence electrons. The smallest absolute Gasteiger partial charge is 0.158 e. The van der Waals surface area contributed by atoms with Gasteiger partial charge in [-0.1, -0.05) is 12.1 Å². The number of carbonyl (C=O) groups is 1. The number of methoxy groups -OCH3 is 1. The molecule has 1 heterocycles. The monoisotopic (exact) mass is 277 g/mol. The van der Waals surface area contributed by atoms with Gasteiger partial charge in [-0.15, -0.1) is 0 Å². The van der Waals surface area contributed by atoms with E-state index in [4.69, 9.17) is 9.47 Å². The van der Waals surface area contributed by atoms with Crippen molar-refractivity contribution in [2.75, 3.05) is 26.8 Å². The minimum absolute atomic E-state index is 0.180. The lowest BCUT2D eigenvalue weighted by Gasteiger charge is -2.22. The fraction of sp³-hybridized carbons (Fsp3) is 0.562. The third-order valence-corrected chi connectivity index (χ3v) is 3.62. The lowest BCUT2D eigenvalue weighted by Crippen LogP contribution is -2.33. The van der Waals surface area contributed by atoms with Crippen LogP contribution in [-0.2, 0) is 16.0 Å². The zero-order valence-corrected chi connectivity index (χ0v) is 12.1. The maximum absolute atomic E-state index is 11.8. The highest BCUT2D eigenvalue weighted by Gasteiger charge is 2.14. The molecule has 1 aliphatic heterocycles. The number of rotatable bonds is 7. The topological polar surface area (TPSA) is 47.6 Å². The molecule has 0 atom stereocenters. The predicted molar refractivity (Wildman–Crippen MR) is 78.2 cm³/mol. The third kappa shape index (κ3) is 4.94. The fourth-order valence-corrected chi connectivity index (χ4v) is 2.32. The summed E-state index contributed by atoms with van der Waals surface area (Å²) < 4.78 is 10.8. The first-order valence-electron chi connectivity index (χ1n) is 7.25. The van der Waals surface area contributed by atoms with Gasteiger partial charge in [0.15, 0.2) is 5.78 Å². The van der Waals surface area contributed by atoms with Gasteiger partial charge in [0.2, 0.25) is 0 Å². The molecular weight excluding hydrogens is 254 g/mol. The van der Waals surface area contributed by atoms with E-state index >= 15 is 0 Å². The summed E-state index contributed by atoms with van der Waals surface area (Å²) in [5, 5.41) is 3.28. The first kappa shape index (κ1) is 15.0. The van der Waals surface area contributed by atoms with Crippen LogP contribution in [0.3, 0.4) is 0 Å². The number of Topliss-reactive ketones (excluding diaryl/α,β-unsaturated/α-hetero) is 1. The molecule has 1 N–H and O–H groups in total. The molecule has 1 aliphatic rings. The zero-order chi connectivity index (χ0) is 14.2. The Morgan fingerprint density at radius 2 is 1.95 bits per heavy atom. The number of hydrogen-bond donors (Lipinski definition) is 1. The number of ketones is 1. The van der Waals surface area contributed by atoms with Crippen LogP contribution >= 0.6 is 0 Å². The highest BCUT2D eigenvalue weighted by molar-refractivity contribution is 5.79. The molecule has 0 radical (unpaired) electrons. The molecule has 4 heteroatoms. The van der Waals surface area contributed by atoms with E-state index in [1.807, 2.05) is 24.3 Å². The molecule has 0 spiro atoms. The molecule has 0 bridgehead atoms. The van der Waals surface area contributed by atoms with Gasteiger partial charge in [-0.05, 0) is 50.0 Å². The van der Waals surface area contributed by atoms with Crippen molar-refractivity contribution in [1.29, 1.82) is 0 Å². The van der Waals surface area contributed by atoms with Gasteiger partial charge in [0.25, 0.3) is 0 Å². The number of carbonyl (C=O) groups excluding carboxylic acids is 1. The minimum atomic E-state index is 0.180. The van der Waals surface area contributed by atoms with E-state index in [1.165, 1.54) is 0 Å². The number of hydrogen-bond acceptors (Lipinski definition) is 4. The molecular formula is C16H23NO3. The summed E-state index contributed by atoms with van der Waals surface area (Å²) in [5.41, 5.74) is 1.15. The van der Waals surface area contributed by atoms with Crippen molar-refractivity contribution >= 4 is 5.78 Å². The van der Waals surface area contributed by atoms with Gasteiger partial charge in [0, 0.05) is 6.42 Å². The fourth-order valence-electron chi connectivity index (χ4n) is 2.32.